The van der Waals surface area contributed by atoms with E-state index in [-0.39, 0.29) is 18.5 Å². The molecule has 2 aromatic carbocycles. The standard InChI is InChI=1S/C23H23N3O4/c27-22(25-15-5-7-16(8-6-15)26-12-11-24-23(26)28)14-29-17-9-10-21-19(13-17)18-3-1-2-4-20(18)30-21/h5-10,13H,1-4,11-12,14H2,(H,24,28)(H,25,27). The molecule has 1 aromatic heterocycles. The molecule has 2 N–H and O–H groups in total. The highest BCUT2D eigenvalue weighted by Crippen LogP contribution is 2.34. The van der Waals surface area contributed by atoms with E-state index in [9.17, 15) is 9.59 Å². The normalized spacial score (nSPS) is 15.7. The SMILES string of the molecule is O=C(COc1ccc2oc3c(c2c1)CCCC3)Nc1ccc(N2CCNC2=O)cc1. The quantitative estimate of drug-likeness (QED) is 0.675. The number of hydrogen-bond donors (Lipinski definition) is 2. The molecule has 5 rings (SSSR count). The van der Waals surface area contributed by atoms with Gasteiger partial charge in [0.2, 0.25) is 0 Å². The lowest BCUT2D eigenvalue weighted by atomic mass is 9.96. The summed E-state index contributed by atoms with van der Waals surface area (Å²) in [6, 6.07) is 12.8. The predicted octanol–water partition coefficient (Wildman–Crippen LogP) is 3.86. The van der Waals surface area contributed by atoms with E-state index in [1.165, 1.54) is 18.4 Å². The minimum Gasteiger partial charge on any atom is -0.484 e. The van der Waals surface area contributed by atoms with Crippen molar-refractivity contribution >= 4 is 34.3 Å². The Balaban J connectivity index is 1.20. The lowest BCUT2D eigenvalue weighted by Gasteiger charge is -2.14. The van der Waals surface area contributed by atoms with E-state index in [4.69, 9.17) is 9.15 Å². The Labute approximate surface area is 174 Å². The first-order chi connectivity index (χ1) is 14.7. The van der Waals surface area contributed by atoms with Crippen LogP contribution in [0.2, 0.25) is 0 Å². The van der Waals surface area contributed by atoms with Crippen molar-refractivity contribution in [2.75, 3.05) is 29.9 Å². The molecule has 154 valence electrons. The fourth-order valence-electron chi connectivity index (χ4n) is 4.12. The Morgan fingerprint density at radius 3 is 2.77 bits per heavy atom. The van der Waals surface area contributed by atoms with Gasteiger partial charge in [-0.3, -0.25) is 9.69 Å². The summed E-state index contributed by atoms with van der Waals surface area (Å²) in [6.07, 6.45) is 4.37. The number of nitrogens with one attached hydrogen (secondary N) is 2. The zero-order valence-electron chi connectivity index (χ0n) is 16.6. The lowest BCUT2D eigenvalue weighted by Crippen LogP contribution is -2.27. The summed E-state index contributed by atoms with van der Waals surface area (Å²) in [6.45, 7) is 1.20. The highest BCUT2D eigenvalue weighted by Gasteiger charge is 2.21. The third-order valence-electron chi connectivity index (χ3n) is 5.62. The van der Waals surface area contributed by atoms with Gasteiger partial charge in [-0.15, -0.1) is 0 Å². The molecule has 7 heteroatoms. The number of rotatable bonds is 5. The van der Waals surface area contributed by atoms with Gasteiger partial charge in [-0.1, -0.05) is 0 Å². The molecular weight excluding hydrogens is 382 g/mol. The van der Waals surface area contributed by atoms with Crippen LogP contribution >= 0.6 is 0 Å². The molecule has 30 heavy (non-hydrogen) atoms. The van der Waals surface area contributed by atoms with Crippen molar-refractivity contribution in [1.29, 1.82) is 0 Å². The monoisotopic (exact) mass is 405 g/mol. The first kappa shape index (κ1) is 18.5. The average molecular weight is 405 g/mol. The van der Waals surface area contributed by atoms with Crippen molar-refractivity contribution in [3.8, 4) is 5.75 Å². The molecule has 0 spiro atoms. The van der Waals surface area contributed by atoms with Crippen molar-refractivity contribution in [2.24, 2.45) is 0 Å². The van der Waals surface area contributed by atoms with Crippen LogP contribution in [-0.4, -0.2) is 31.6 Å². The van der Waals surface area contributed by atoms with Crippen molar-refractivity contribution in [3.63, 3.8) is 0 Å². The van der Waals surface area contributed by atoms with Gasteiger partial charge in [0.1, 0.15) is 17.1 Å². The second kappa shape index (κ2) is 7.74. The Morgan fingerprint density at radius 2 is 1.97 bits per heavy atom. The van der Waals surface area contributed by atoms with Gasteiger partial charge in [0.15, 0.2) is 6.61 Å². The topological polar surface area (TPSA) is 83.8 Å². The van der Waals surface area contributed by atoms with E-state index in [2.05, 4.69) is 10.6 Å². The second-order valence-corrected chi connectivity index (χ2v) is 7.64. The summed E-state index contributed by atoms with van der Waals surface area (Å²) >= 11 is 0. The van der Waals surface area contributed by atoms with Gasteiger partial charge in [-0.2, -0.15) is 0 Å². The minimum atomic E-state index is -0.240. The Morgan fingerprint density at radius 1 is 1.13 bits per heavy atom. The number of carbonyl (C=O) groups excluding carboxylic acids is 2. The Bertz CT molecular complexity index is 1100. The molecule has 1 aliphatic heterocycles. The Hall–Kier alpha value is -3.48. The van der Waals surface area contributed by atoms with Crippen LogP contribution in [0, 0.1) is 0 Å². The van der Waals surface area contributed by atoms with Gasteiger partial charge in [0, 0.05) is 41.8 Å². The molecular formula is C23H23N3O4. The predicted molar refractivity (Wildman–Crippen MR) is 114 cm³/mol. The number of hydrogen-bond acceptors (Lipinski definition) is 4. The molecule has 0 radical (unpaired) electrons. The van der Waals surface area contributed by atoms with E-state index >= 15 is 0 Å². The molecule has 1 fully saturated rings. The summed E-state index contributed by atoms with van der Waals surface area (Å²) in [5, 5.41) is 6.68. The molecule has 2 aliphatic rings. The van der Waals surface area contributed by atoms with Crippen LogP contribution in [0.4, 0.5) is 16.2 Å². The number of benzene rings is 2. The molecule has 0 unspecified atom stereocenters. The molecule has 0 saturated carbocycles. The zero-order chi connectivity index (χ0) is 20.5. The molecule has 2 heterocycles. The van der Waals surface area contributed by atoms with E-state index < -0.39 is 0 Å². The summed E-state index contributed by atoms with van der Waals surface area (Å²) < 4.78 is 11.7. The molecule has 0 atom stereocenters. The summed E-state index contributed by atoms with van der Waals surface area (Å²) in [5.74, 6) is 1.50. The van der Waals surface area contributed by atoms with E-state index in [1.54, 1.807) is 17.0 Å². The van der Waals surface area contributed by atoms with Gasteiger partial charge < -0.3 is 19.8 Å². The van der Waals surface area contributed by atoms with Crippen LogP contribution in [0.1, 0.15) is 24.2 Å². The molecule has 1 aliphatic carbocycles. The number of carbonyl (C=O) groups is 2. The summed E-state index contributed by atoms with van der Waals surface area (Å²) in [7, 11) is 0. The van der Waals surface area contributed by atoms with Crippen molar-refractivity contribution in [1.82, 2.24) is 5.32 Å². The van der Waals surface area contributed by atoms with E-state index in [0.717, 1.165) is 35.3 Å². The fourth-order valence-corrected chi connectivity index (χ4v) is 4.12. The van der Waals surface area contributed by atoms with Crippen LogP contribution in [0.15, 0.2) is 46.9 Å². The summed E-state index contributed by atoms with van der Waals surface area (Å²) in [4.78, 5) is 25.7. The fraction of sp³-hybridized carbons (Fsp3) is 0.304. The van der Waals surface area contributed by atoms with Gasteiger partial charge in [0.25, 0.3) is 5.91 Å². The highest BCUT2D eigenvalue weighted by atomic mass is 16.5. The van der Waals surface area contributed by atoms with Crippen molar-refractivity contribution in [3.05, 3.63) is 53.8 Å². The van der Waals surface area contributed by atoms with Crippen LogP contribution in [0.25, 0.3) is 11.0 Å². The molecule has 3 amide bonds. The molecule has 1 saturated heterocycles. The Kier molecular flexibility index (Phi) is 4.78. The van der Waals surface area contributed by atoms with Gasteiger partial charge in [-0.05, 0) is 61.7 Å². The van der Waals surface area contributed by atoms with Gasteiger partial charge in [0.05, 0.1) is 0 Å². The minimum absolute atomic E-state index is 0.0815. The first-order valence-electron chi connectivity index (χ1n) is 10.3. The summed E-state index contributed by atoms with van der Waals surface area (Å²) in [5.41, 5.74) is 3.62. The number of fused-ring (bicyclic) bond motifs is 3. The second-order valence-electron chi connectivity index (χ2n) is 7.64. The zero-order valence-corrected chi connectivity index (χ0v) is 16.6. The van der Waals surface area contributed by atoms with E-state index in [1.807, 2.05) is 30.3 Å². The maximum absolute atomic E-state index is 12.3. The van der Waals surface area contributed by atoms with Crippen LogP contribution in [0.3, 0.4) is 0 Å². The molecule has 7 nitrogen and oxygen atoms in total. The third kappa shape index (κ3) is 3.58. The van der Waals surface area contributed by atoms with Gasteiger partial charge in [-0.25, -0.2) is 4.79 Å². The van der Waals surface area contributed by atoms with Crippen LogP contribution < -0.4 is 20.3 Å². The van der Waals surface area contributed by atoms with Crippen LogP contribution in [0.5, 0.6) is 5.75 Å². The lowest BCUT2D eigenvalue weighted by molar-refractivity contribution is -0.118. The highest BCUT2D eigenvalue weighted by molar-refractivity contribution is 5.95. The number of furan rings is 1. The maximum atomic E-state index is 12.3. The third-order valence-corrected chi connectivity index (χ3v) is 5.62. The largest absolute Gasteiger partial charge is 0.484 e. The smallest absolute Gasteiger partial charge is 0.321 e. The van der Waals surface area contributed by atoms with Crippen molar-refractivity contribution in [2.45, 2.75) is 25.7 Å². The number of anilines is 2. The molecule has 0 bridgehead atoms. The molecule has 3 aromatic rings. The number of amides is 3. The van der Waals surface area contributed by atoms with Gasteiger partial charge >= 0.3 is 6.03 Å². The number of nitrogens with zero attached hydrogens (tertiary/aromatic N) is 1. The number of aryl methyl sites for hydroxylation is 2. The number of ether oxygens (including phenoxy) is 1. The maximum Gasteiger partial charge on any atom is 0.321 e. The van der Waals surface area contributed by atoms with Crippen LogP contribution in [-0.2, 0) is 17.6 Å². The first-order valence-corrected chi connectivity index (χ1v) is 10.3. The average Bonchev–Trinajstić information content (AvgIpc) is 3.36. The number of urea groups is 1. The van der Waals surface area contributed by atoms with Crippen molar-refractivity contribution < 1.29 is 18.7 Å². The van der Waals surface area contributed by atoms with E-state index in [0.29, 0.717) is 24.5 Å².